The lowest BCUT2D eigenvalue weighted by Crippen LogP contribution is -2.08. The molecule has 0 radical (unpaired) electrons. The second kappa shape index (κ2) is 6.75. The van der Waals surface area contributed by atoms with Gasteiger partial charge in [-0.2, -0.15) is 0 Å². The van der Waals surface area contributed by atoms with Crippen LogP contribution in [0.4, 0.5) is 4.39 Å². The highest BCUT2D eigenvalue weighted by molar-refractivity contribution is 6.30. The van der Waals surface area contributed by atoms with Crippen LogP contribution in [-0.4, -0.2) is 37.0 Å². The third-order valence-corrected chi connectivity index (χ3v) is 5.94. The van der Waals surface area contributed by atoms with Crippen molar-refractivity contribution in [3.63, 3.8) is 0 Å². The fourth-order valence-corrected chi connectivity index (χ4v) is 4.31. The van der Waals surface area contributed by atoms with Crippen LogP contribution in [-0.2, 0) is 11.2 Å². The zero-order valence-electron chi connectivity index (χ0n) is 16.5. The minimum Gasteiger partial charge on any atom is -0.474 e. The van der Waals surface area contributed by atoms with Crippen LogP contribution in [0.1, 0.15) is 34.4 Å². The van der Waals surface area contributed by atoms with Crippen molar-refractivity contribution in [3.8, 4) is 11.4 Å². The summed E-state index contributed by atoms with van der Waals surface area (Å²) in [5.74, 6) is 0.122. The van der Waals surface area contributed by atoms with E-state index in [4.69, 9.17) is 16.3 Å². The number of aliphatic imine (C=N–C) groups is 1. The van der Waals surface area contributed by atoms with Crippen LogP contribution in [0, 0.1) is 12.7 Å². The molecule has 2 aromatic carbocycles. The van der Waals surface area contributed by atoms with Crippen molar-refractivity contribution in [1.82, 2.24) is 24.5 Å². The Morgan fingerprint density at radius 1 is 1.13 bits per heavy atom. The van der Waals surface area contributed by atoms with Crippen LogP contribution in [0.2, 0.25) is 5.02 Å². The number of fused-ring (bicyclic) bond motifs is 5. The Morgan fingerprint density at radius 2 is 2.00 bits per heavy atom. The Bertz CT molecular complexity index is 1370. The minimum absolute atomic E-state index is 0.271. The first-order valence-corrected chi connectivity index (χ1v) is 10.2. The van der Waals surface area contributed by atoms with Gasteiger partial charge in [0.15, 0.2) is 0 Å². The van der Waals surface area contributed by atoms with Crippen LogP contribution < -0.4 is 0 Å². The van der Waals surface area contributed by atoms with E-state index in [1.54, 1.807) is 24.5 Å². The van der Waals surface area contributed by atoms with Crippen molar-refractivity contribution in [3.05, 3.63) is 88.0 Å². The van der Waals surface area contributed by atoms with Gasteiger partial charge in [-0.1, -0.05) is 35.0 Å². The Balaban J connectivity index is 1.50. The molecule has 0 spiro atoms. The molecular weight excluding hydrogens is 419 g/mol. The van der Waals surface area contributed by atoms with Gasteiger partial charge in [0.1, 0.15) is 30.5 Å². The third kappa shape index (κ3) is 2.79. The summed E-state index contributed by atoms with van der Waals surface area (Å²) in [6.45, 7) is 2.19. The van der Waals surface area contributed by atoms with E-state index in [1.165, 1.54) is 6.07 Å². The van der Waals surface area contributed by atoms with Gasteiger partial charge in [-0.15, -0.1) is 5.10 Å². The van der Waals surface area contributed by atoms with Gasteiger partial charge in [0.05, 0.1) is 28.5 Å². The number of hydrogen-bond donors (Lipinski definition) is 0. The van der Waals surface area contributed by atoms with Gasteiger partial charge in [-0.3, -0.25) is 4.57 Å². The summed E-state index contributed by atoms with van der Waals surface area (Å²) in [7, 11) is 0. The van der Waals surface area contributed by atoms with E-state index in [2.05, 4.69) is 20.3 Å². The maximum atomic E-state index is 14.2. The first kappa shape index (κ1) is 18.3. The van der Waals surface area contributed by atoms with Crippen molar-refractivity contribution < 1.29 is 9.13 Å². The number of rotatable bonds is 2. The van der Waals surface area contributed by atoms with Gasteiger partial charge in [0, 0.05) is 17.0 Å². The molecule has 0 amide bonds. The number of imidazole rings is 1. The molecule has 0 bridgehead atoms. The summed E-state index contributed by atoms with van der Waals surface area (Å²) < 4.78 is 23.9. The summed E-state index contributed by atoms with van der Waals surface area (Å²) in [5.41, 5.74) is 5.52. The Kier molecular flexibility index (Phi) is 3.97. The van der Waals surface area contributed by atoms with Crippen molar-refractivity contribution in [1.29, 1.82) is 0 Å². The number of nitrogens with zero attached hydrogens (tertiary/aromatic N) is 6. The SMILES string of the molecule is Cc1nnn2c1Cc1c(C3=N[C@@H](c4ccccc4F)CO3)ncn1-c1ccc(Cl)cc1-2. The molecule has 6 rings (SSSR count). The van der Waals surface area contributed by atoms with Crippen LogP contribution in [0.15, 0.2) is 53.8 Å². The van der Waals surface area contributed by atoms with E-state index in [9.17, 15) is 4.39 Å². The second-order valence-corrected chi connectivity index (χ2v) is 7.97. The van der Waals surface area contributed by atoms with Crippen molar-refractivity contribution in [2.75, 3.05) is 6.61 Å². The summed E-state index contributed by atoms with van der Waals surface area (Å²) in [5, 5.41) is 9.18. The summed E-state index contributed by atoms with van der Waals surface area (Å²) in [6, 6.07) is 11.8. The van der Waals surface area contributed by atoms with Gasteiger partial charge in [-0.05, 0) is 31.2 Å². The van der Waals surface area contributed by atoms with Crippen LogP contribution in [0.25, 0.3) is 11.4 Å². The van der Waals surface area contributed by atoms with E-state index >= 15 is 0 Å². The van der Waals surface area contributed by atoms with E-state index in [0.717, 1.165) is 28.5 Å². The molecule has 0 N–H and O–H groups in total. The van der Waals surface area contributed by atoms with E-state index in [1.807, 2.05) is 34.4 Å². The normalized spacial score (nSPS) is 16.7. The van der Waals surface area contributed by atoms with Crippen molar-refractivity contribution in [2.24, 2.45) is 4.99 Å². The molecule has 0 unspecified atom stereocenters. The lowest BCUT2D eigenvalue weighted by Gasteiger charge is -2.10. The number of aryl methyl sites for hydroxylation is 1. The highest BCUT2D eigenvalue weighted by Gasteiger charge is 2.31. The second-order valence-electron chi connectivity index (χ2n) is 7.54. The maximum Gasteiger partial charge on any atom is 0.238 e. The van der Waals surface area contributed by atoms with E-state index in [-0.39, 0.29) is 12.4 Å². The monoisotopic (exact) mass is 434 g/mol. The fourth-order valence-electron chi connectivity index (χ4n) is 4.14. The maximum absolute atomic E-state index is 14.2. The zero-order valence-corrected chi connectivity index (χ0v) is 17.2. The molecule has 2 aliphatic heterocycles. The van der Waals surface area contributed by atoms with Gasteiger partial charge < -0.3 is 4.74 Å². The Morgan fingerprint density at radius 3 is 2.87 bits per heavy atom. The largest absolute Gasteiger partial charge is 0.474 e. The standard InChI is InChI=1S/C22H16ClFN6O/c1-12-18-9-20-21(22-26-16(10-31-22)14-4-2-3-5-15(14)24)25-11-29(20)17-7-6-13(23)8-19(17)30(18)28-27-12/h2-8,11,16H,9-10H2,1H3/t16-/m1/s1. The predicted molar refractivity (Wildman–Crippen MR) is 113 cm³/mol. The van der Waals surface area contributed by atoms with Gasteiger partial charge in [-0.25, -0.2) is 19.0 Å². The molecule has 0 saturated carbocycles. The predicted octanol–water partition coefficient (Wildman–Crippen LogP) is 3.98. The summed E-state index contributed by atoms with van der Waals surface area (Å²) >= 11 is 6.27. The molecule has 1 atom stereocenters. The first-order chi connectivity index (χ1) is 15.1. The lowest BCUT2D eigenvalue weighted by atomic mass is 10.1. The summed E-state index contributed by atoms with van der Waals surface area (Å²) in [6.07, 6.45) is 2.28. The average Bonchev–Trinajstić information content (AvgIpc) is 3.47. The minimum atomic E-state index is -0.403. The molecule has 0 saturated heterocycles. The fraction of sp³-hybridized carbons (Fsp3) is 0.182. The highest BCUT2D eigenvalue weighted by atomic mass is 35.5. The number of benzene rings is 2. The molecule has 4 aromatic rings. The van der Waals surface area contributed by atoms with Crippen LogP contribution in [0.3, 0.4) is 0 Å². The Labute approximate surface area is 181 Å². The smallest absolute Gasteiger partial charge is 0.238 e. The number of halogens is 2. The molecule has 2 aliphatic rings. The molecule has 0 fully saturated rings. The van der Waals surface area contributed by atoms with Crippen LogP contribution >= 0.6 is 11.6 Å². The Hall–Kier alpha value is -3.52. The number of hydrogen-bond acceptors (Lipinski definition) is 5. The molecular formula is C22H16ClFN6O. The molecule has 2 aromatic heterocycles. The molecule has 9 heteroatoms. The number of aromatic nitrogens is 5. The van der Waals surface area contributed by atoms with E-state index in [0.29, 0.717) is 28.6 Å². The highest BCUT2D eigenvalue weighted by Crippen LogP contribution is 2.33. The molecule has 7 nitrogen and oxygen atoms in total. The molecule has 4 heterocycles. The number of ether oxygens (including phenoxy) is 1. The molecule has 31 heavy (non-hydrogen) atoms. The summed E-state index contributed by atoms with van der Waals surface area (Å²) in [4.78, 5) is 9.27. The lowest BCUT2D eigenvalue weighted by molar-refractivity contribution is 0.316. The van der Waals surface area contributed by atoms with Crippen molar-refractivity contribution >= 4 is 17.5 Å². The third-order valence-electron chi connectivity index (χ3n) is 5.70. The van der Waals surface area contributed by atoms with Gasteiger partial charge in [0.25, 0.3) is 0 Å². The quantitative estimate of drug-likeness (QED) is 0.421. The van der Waals surface area contributed by atoms with Gasteiger partial charge >= 0.3 is 0 Å². The average molecular weight is 435 g/mol. The van der Waals surface area contributed by atoms with Gasteiger partial charge in [0.2, 0.25) is 5.90 Å². The molecule has 0 aliphatic carbocycles. The zero-order chi connectivity index (χ0) is 21.1. The first-order valence-electron chi connectivity index (χ1n) is 9.83. The van der Waals surface area contributed by atoms with E-state index < -0.39 is 6.04 Å². The van der Waals surface area contributed by atoms with Crippen LogP contribution in [0.5, 0.6) is 0 Å². The van der Waals surface area contributed by atoms with Crippen molar-refractivity contribution in [2.45, 2.75) is 19.4 Å². The molecule has 154 valence electrons. The topological polar surface area (TPSA) is 70.1 Å².